The highest BCUT2D eigenvalue weighted by molar-refractivity contribution is 7.10. The van der Waals surface area contributed by atoms with Gasteiger partial charge in [-0.2, -0.15) is 0 Å². The van der Waals surface area contributed by atoms with E-state index in [1.165, 1.54) is 17.0 Å². The Morgan fingerprint density at radius 3 is 2.25 bits per heavy atom. The molecule has 3 rings (SSSR count). The van der Waals surface area contributed by atoms with Gasteiger partial charge in [-0.05, 0) is 48.3 Å². The monoisotopic (exact) mass is 478 g/mol. The van der Waals surface area contributed by atoms with Crippen molar-refractivity contribution in [1.29, 1.82) is 0 Å². The van der Waals surface area contributed by atoms with Crippen molar-refractivity contribution in [3.05, 3.63) is 45.6 Å². The Hall–Kier alpha value is -2.09. The van der Waals surface area contributed by atoms with Gasteiger partial charge in [-0.1, -0.05) is 27.7 Å². The van der Waals surface area contributed by atoms with Crippen LogP contribution in [0, 0.1) is 22.0 Å². The molecule has 0 bridgehead atoms. The fraction of sp³-hybridized carbons (Fsp3) is 0.545. The van der Waals surface area contributed by atoms with Gasteiger partial charge in [0.1, 0.15) is 5.70 Å². The second kappa shape index (κ2) is 9.41. The molecule has 0 aliphatic carbocycles. The maximum Gasteiger partial charge on any atom is 0.357 e. The number of amides is 1. The van der Waals surface area contributed by atoms with E-state index >= 15 is 0 Å². The van der Waals surface area contributed by atoms with Crippen LogP contribution in [0.4, 0.5) is 5.69 Å². The number of nitrogens with zero attached hydrogens (tertiary/aromatic N) is 2. The van der Waals surface area contributed by atoms with Gasteiger partial charge in [-0.3, -0.25) is 14.9 Å². The van der Waals surface area contributed by atoms with E-state index in [0.29, 0.717) is 11.1 Å². The van der Waals surface area contributed by atoms with Gasteiger partial charge in [0.2, 0.25) is 5.91 Å². The van der Waals surface area contributed by atoms with Gasteiger partial charge in [-0.25, -0.2) is 4.79 Å². The normalized spacial score (nSPS) is 23.6. The lowest BCUT2D eigenvalue weighted by molar-refractivity contribution is -0.384. The third kappa shape index (κ3) is 3.91. The minimum atomic E-state index is -1.91. The van der Waals surface area contributed by atoms with Crippen LogP contribution in [0.1, 0.15) is 40.2 Å². The van der Waals surface area contributed by atoms with Crippen LogP contribution in [0.5, 0.6) is 0 Å². The molecule has 0 radical (unpaired) electrons. The summed E-state index contributed by atoms with van der Waals surface area (Å²) in [4.78, 5) is 38.0. The molecule has 1 fully saturated rings. The first-order valence-electron chi connectivity index (χ1n) is 11.1. The third-order valence-electron chi connectivity index (χ3n) is 7.22. The summed E-state index contributed by atoms with van der Waals surface area (Å²) < 4.78 is 11.5. The number of β-lactam (4-membered cyclic amide) rings is 1. The van der Waals surface area contributed by atoms with Crippen molar-refractivity contribution in [3.63, 3.8) is 0 Å². The van der Waals surface area contributed by atoms with Crippen LogP contribution in [-0.2, 0) is 18.5 Å². The Labute approximate surface area is 191 Å². The number of hydrogen-bond donors (Lipinski definition) is 0. The smallest absolute Gasteiger partial charge is 0.357 e. The van der Waals surface area contributed by atoms with Crippen molar-refractivity contribution in [2.45, 2.75) is 64.9 Å². The zero-order valence-corrected chi connectivity index (χ0v) is 21.3. The van der Waals surface area contributed by atoms with Gasteiger partial charge in [0, 0.05) is 18.1 Å². The first-order chi connectivity index (χ1) is 15.2. The summed E-state index contributed by atoms with van der Waals surface area (Å²) in [6, 6.07) is 8.82. The van der Waals surface area contributed by atoms with E-state index in [0.717, 1.165) is 18.1 Å². The van der Waals surface area contributed by atoms with Gasteiger partial charge >= 0.3 is 5.97 Å². The summed E-state index contributed by atoms with van der Waals surface area (Å²) in [7, 11) is 0.0300. The molecule has 1 unspecified atom stereocenters. The molecule has 1 amide bonds. The van der Waals surface area contributed by atoms with Crippen LogP contribution in [0.25, 0.3) is 5.57 Å². The standard InChI is InChI=1S/C22H31N2O6PSi/c1-6-32(7-2,8-3)30-14(5)18-19-13(4)17(15-9-11-16(12-10-15)24(27)28)20(22(26)29-31)23(19)21(18)25/h9-14,18-19H,6-8,31H2,1-5H3/t13-,14+,18+,19+/m0/s1. The van der Waals surface area contributed by atoms with Crippen LogP contribution in [-0.4, -0.2) is 42.2 Å². The highest BCUT2D eigenvalue weighted by atomic mass is 31.0. The van der Waals surface area contributed by atoms with E-state index in [1.54, 1.807) is 12.1 Å². The van der Waals surface area contributed by atoms with Crippen molar-refractivity contribution in [2.75, 3.05) is 0 Å². The molecule has 1 aromatic rings. The van der Waals surface area contributed by atoms with Gasteiger partial charge in [0.25, 0.3) is 5.69 Å². The number of carbonyl (C=O) groups excluding carboxylic acids is 2. The van der Waals surface area contributed by atoms with E-state index < -0.39 is 19.2 Å². The molecule has 1 aromatic carbocycles. The molecule has 8 nitrogen and oxygen atoms in total. The molecule has 0 spiro atoms. The molecular formula is C22H31N2O6PSi. The average Bonchev–Trinajstić information content (AvgIpc) is 3.05. The molecule has 2 heterocycles. The topological polar surface area (TPSA) is 99.0 Å². The molecular weight excluding hydrogens is 447 g/mol. The molecule has 2 aliphatic rings. The van der Waals surface area contributed by atoms with Crippen molar-refractivity contribution >= 4 is 40.9 Å². The van der Waals surface area contributed by atoms with Crippen molar-refractivity contribution in [1.82, 2.24) is 4.90 Å². The molecule has 0 saturated carbocycles. The predicted octanol–water partition coefficient (Wildman–Crippen LogP) is 4.53. The van der Waals surface area contributed by atoms with Gasteiger partial charge in [0.05, 0.1) is 32.5 Å². The van der Waals surface area contributed by atoms with E-state index in [2.05, 4.69) is 20.8 Å². The van der Waals surface area contributed by atoms with Crippen molar-refractivity contribution in [2.24, 2.45) is 11.8 Å². The summed E-state index contributed by atoms with van der Waals surface area (Å²) in [5.74, 6) is -1.24. The number of fused-ring (bicyclic) bond motifs is 1. The van der Waals surface area contributed by atoms with Gasteiger partial charge in [0.15, 0.2) is 8.32 Å². The Kier molecular flexibility index (Phi) is 7.22. The number of nitro benzene ring substituents is 1. The molecule has 0 N–H and O–H groups in total. The summed E-state index contributed by atoms with van der Waals surface area (Å²) in [6.07, 6.45) is -0.248. The second-order valence-corrected chi connectivity index (χ2v) is 13.5. The highest BCUT2D eigenvalue weighted by Crippen LogP contribution is 2.51. The second-order valence-electron chi connectivity index (χ2n) is 8.55. The molecule has 174 valence electrons. The highest BCUT2D eigenvalue weighted by Gasteiger charge is 2.61. The summed E-state index contributed by atoms with van der Waals surface area (Å²) in [6.45, 7) is 10.4. The lowest BCUT2D eigenvalue weighted by Crippen LogP contribution is -2.65. The van der Waals surface area contributed by atoms with Crippen molar-refractivity contribution < 1.29 is 23.5 Å². The zero-order chi connectivity index (χ0) is 23.8. The maximum atomic E-state index is 13.3. The molecule has 32 heavy (non-hydrogen) atoms. The fourth-order valence-electron chi connectivity index (χ4n) is 5.21. The minimum absolute atomic E-state index is 0.0329. The van der Waals surface area contributed by atoms with Gasteiger partial charge in [-0.15, -0.1) is 0 Å². The Balaban J connectivity index is 1.96. The number of nitro groups is 1. The minimum Gasteiger partial charge on any atom is -0.447 e. The Morgan fingerprint density at radius 2 is 1.78 bits per heavy atom. The van der Waals surface area contributed by atoms with Crippen LogP contribution >= 0.6 is 9.47 Å². The SMILES string of the molecule is CC[Si](CC)(CC)O[C@H](C)[C@H]1C(=O)N2C(C(=O)OP)=C(c3ccc([N+](=O)[O-])cc3)[C@H](C)[C@H]12. The van der Waals surface area contributed by atoms with Crippen LogP contribution in [0.15, 0.2) is 30.0 Å². The summed E-state index contributed by atoms with van der Waals surface area (Å²) in [5.41, 5.74) is 1.52. The number of non-ortho nitro benzene ring substituents is 1. The predicted molar refractivity (Wildman–Crippen MR) is 127 cm³/mol. The molecule has 0 aromatic heterocycles. The average molecular weight is 479 g/mol. The molecule has 1 saturated heterocycles. The number of rotatable bonds is 9. The number of carbonyl (C=O) groups is 2. The van der Waals surface area contributed by atoms with Crippen LogP contribution in [0.2, 0.25) is 18.1 Å². The molecule has 5 atom stereocenters. The lowest BCUT2D eigenvalue weighted by Gasteiger charge is -2.49. The van der Waals surface area contributed by atoms with E-state index in [4.69, 9.17) is 8.95 Å². The van der Waals surface area contributed by atoms with E-state index in [1.807, 2.05) is 23.3 Å². The molecule has 2 aliphatic heterocycles. The number of hydrogen-bond acceptors (Lipinski definition) is 6. The van der Waals surface area contributed by atoms with Crippen molar-refractivity contribution in [3.8, 4) is 0 Å². The Morgan fingerprint density at radius 1 is 1.22 bits per heavy atom. The van der Waals surface area contributed by atoms with E-state index in [9.17, 15) is 19.7 Å². The maximum absolute atomic E-state index is 13.3. The quantitative estimate of drug-likeness (QED) is 0.170. The summed E-state index contributed by atoms with van der Waals surface area (Å²) >= 11 is 0. The van der Waals surface area contributed by atoms with E-state index in [-0.39, 0.29) is 41.3 Å². The molecule has 10 heteroatoms. The largest absolute Gasteiger partial charge is 0.447 e. The fourth-order valence-corrected chi connectivity index (χ4v) is 8.26. The lowest BCUT2D eigenvalue weighted by atomic mass is 9.77. The zero-order valence-electron chi connectivity index (χ0n) is 19.2. The van der Waals surface area contributed by atoms with Gasteiger partial charge < -0.3 is 13.8 Å². The number of benzene rings is 1. The first kappa shape index (κ1) is 24.5. The first-order valence-corrected chi connectivity index (χ1v) is 14.1. The Bertz CT molecular complexity index is 938. The van der Waals surface area contributed by atoms with Crippen LogP contribution < -0.4 is 0 Å². The van der Waals surface area contributed by atoms with Crippen LogP contribution in [0.3, 0.4) is 0 Å². The third-order valence-corrected chi connectivity index (χ3v) is 12.2. The summed E-state index contributed by atoms with van der Waals surface area (Å²) in [5, 5.41) is 11.0.